The molecule has 0 bridgehead atoms. The fraction of sp³-hybridized carbons (Fsp3) is 0.500. The van der Waals surface area contributed by atoms with Crippen LogP contribution in [0.4, 0.5) is 10.1 Å². The Labute approximate surface area is 95.4 Å². The highest BCUT2D eigenvalue weighted by Crippen LogP contribution is 2.20. The van der Waals surface area contributed by atoms with Gasteiger partial charge in [-0.2, -0.15) is 0 Å². The minimum Gasteiger partial charge on any atom is -0.398 e. The number of nitrogen functional groups attached to an aromatic ring is 1. The zero-order chi connectivity index (χ0) is 11.5. The number of benzene rings is 1. The van der Waals surface area contributed by atoms with E-state index in [1.807, 2.05) is 6.92 Å². The van der Waals surface area contributed by atoms with Gasteiger partial charge in [0.05, 0.1) is 0 Å². The van der Waals surface area contributed by atoms with E-state index in [4.69, 9.17) is 5.73 Å². The molecule has 3 N–H and O–H groups in total. The number of halogens is 1. The molecule has 0 atom stereocenters. The molecular formula is C12H18FN3. The first kappa shape index (κ1) is 11.4. The first-order chi connectivity index (χ1) is 7.66. The highest BCUT2D eigenvalue weighted by atomic mass is 19.1. The van der Waals surface area contributed by atoms with Crippen molar-refractivity contribution in [1.29, 1.82) is 0 Å². The average molecular weight is 223 g/mol. The van der Waals surface area contributed by atoms with E-state index in [2.05, 4.69) is 10.2 Å². The predicted molar refractivity (Wildman–Crippen MR) is 63.7 cm³/mol. The first-order valence-corrected chi connectivity index (χ1v) is 5.64. The summed E-state index contributed by atoms with van der Waals surface area (Å²) in [5, 5.41) is 3.29. The van der Waals surface area contributed by atoms with E-state index >= 15 is 0 Å². The van der Waals surface area contributed by atoms with E-state index in [0.29, 0.717) is 0 Å². The summed E-state index contributed by atoms with van der Waals surface area (Å²) in [6.45, 7) is 6.57. The van der Waals surface area contributed by atoms with Crippen LogP contribution >= 0.6 is 0 Å². The molecule has 1 saturated heterocycles. The Hall–Kier alpha value is -1.13. The van der Waals surface area contributed by atoms with Crippen molar-refractivity contribution in [1.82, 2.24) is 10.2 Å². The van der Waals surface area contributed by atoms with Crippen molar-refractivity contribution in [2.75, 3.05) is 31.9 Å². The summed E-state index contributed by atoms with van der Waals surface area (Å²) in [5.41, 5.74) is 8.41. The summed E-state index contributed by atoms with van der Waals surface area (Å²) in [6.07, 6.45) is 0. The van der Waals surface area contributed by atoms with Gasteiger partial charge in [0.2, 0.25) is 0 Å². The number of hydrogen-bond donors (Lipinski definition) is 2. The molecule has 1 heterocycles. The Morgan fingerprint density at radius 2 is 2.06 bits per heavy atom. The fourth-order valence-electron chi connectivity index (χ4n) is 2.06. The molecule has 0 spiro atoms. The van der Waals surface area contributed by atoms with Gasteiger partial charge in [0.15, 0.2) is 0 Å². The summed E-state index contributed by atoms with van der Waals surface area (Å²) >= 11 is 0. The van der Waals surface area contributed by atoms with Gasteiger partial charge in [-0.05, 0) is 30.2 Å². The lowest BCUT2D eigenvalue weighted by Crippen LogP contribution is -2.43. The van der Waals surface area contributed by atoms with E-state index in [1.54, 1.807) is 6.07 Å². The molecule has 0 aromatic heterocycles. The van der Waals surface area contributed by atoms with Gasteiger partial charge in [-0.25, -0.2) is 4.39 Å². The Balaban J connectivity index is 2.13. The summed E-state index contributed by atoms with van der Waals surface area (Å²) in [6, 6.07) is 3.03. The largest absolute Gasteiger partial charge is 0.398 e. The third-order valence-corrected chi connectivity index (χ3v) is 3.04. The number of nitrogens with one attached hydrogen (secondary N) is 1. The van der Waals surface area contributed by atoms with Crippen LogP contribution in [0.2, 0.25) is 0 Å². The third-order valence-electron chi connectivity index (χ3n) is 3.04. The normalized spacial score (nSPS) is 17.6. The van der Waals surface area contributed by atoms with Crippen molar-refractivity contribution in [3.8, 4) is 0 Å². The maximum atomic E-state index is 13.3. The molecular weight excluding hydrogens is 205 g/mol. The van der Waals surface area contributed by atoms with E-state index < -0.39 is 0 Å². The standard InChI is InChI=1S/C12H18FN3/c1-9-6-11(13)7-10(12(9)14)8-16-4-2-15-3-5-16/h6-7,15H,2-5,8,14H2,1H3. The predicted octanol–water partition coefficient (Wildman–Crippen LogP) is 1.12. The molecule has 0 aliphatic carbocycles. The molecule has 4 heteroatoms. The second kappa shape index (κ2) is 4.80. The monoisotopic (exact) mass is 223 g/mol. The van der Waals surface area contributed by atoms with E-state index in [1.165, 1.54) is 6.07 Å². The highest BCUT2D eigenvalue weighted by molar-refractivity contribution is 5.53. The summed E-state index contributed by atoms with van der Waals surface area (Å²) in [5.74, 6) is -0.197. The number of piperazine rings is 1. The Kier molecular flexibility index (Phi) is 3.41. The van der Waals surface area contributed by atoms with Crippen LogP contribution in [0.25, 0.3) is 0 Å². The van der Waals surface area contributed by atoms with Gasteiger partial charge in [0.25, 0.3) is 0 Å². The van der Waals surface area contributed by atoms with Gasteiger partial charge < -0.3 is 11.1 Å². The Morgan fingerprint density at radius 3 is 2.75 bits per heavy atom. The minimum atomic E-state index is -0.197. The Morgan fingerprint density at radius 1 is 1.38 bits per heavy atom. The van der Waals surface area contributed by atoms with Gasteiger partial charge in [0, 0.05) is 38.4 Å². The molecule has 2 rings (SSSR count). The van der Waals surface area contributed by atoms with Gasteiger partial charge >= 0.3 is 0 Å². The van der Waals surface area contributed by atoms with Crippen molar-refractivity contribution in [3.05, 3.63) is 29.1 Å². The van der Waals surface area contributed by atoms with E-state index in [0.717, 1.165) is 49.5 Å². The maximum Gasteiger partial charge on any atom is 0.123 e. The number of aryl methyl sites for hydroxylation is 1. The van der Waals surface area contributed by atoms with E-state index in [9.17, 15) is 4.39 Å². The number of rotatable bonds is 2. The van der Waals surface area contributed by atoms with Crippen LogP contribution in [0.5, 0.6) is 0 Å². The van der Waals surface area contributed by atoms with Gasteiger partial charge in [-0.3, -0.25) is 4.90 Å². The van der Waals surface area contributed by atoms with Crippen molar-refractivity contribution in [2.24, 2.45) is 0 Å². The van der Waals surface area contributed by atoms with Crippen molar-refractivity contribution < 1.29 is 4.39 Å². The average Bonchev–Trinajstić information content (AvgIpc) is 2.27. The van der Waals surface area contributed by atoms with Crippen LogP contribution < -0.4 is 11.1 Å². The first-order valence-electron chi connectivity index (χ1n) is 5.64. The topological polar surface area (TPSA) is 41.3 Å². The molecule has 0 amide bonds. The zero-order valence-electron chi connectivity index (χ0n) is 9.59. The molecule has 1 aliphatic heterocycles. The molecule has 1 aromatic carbocycles. The fourth-order valence-corrected chi connectivity index (χ4v) is 2.06. The molecule has 1 fully saturated rings. The van der Waals surface area contributed by atoms with Crippen molar-refractivity contribution in [3.63, 3.8) is 0 Å². The lowest BCUT2D eigenvalue weighted by atomic mass is 10.1. The van der Waals surface area contributed by atoms with Crippen molar-refractivity contribution >= 4 is 5.69 Å². The van der Waals surface area contributed by atoms with Crippen LogP contribution in [-0.2, 0) is 6.54 Å². The molecule has 0 saturated carbocycles. The summed E-state index contributed by atoms with van der Waals surface area (Å²) in [7, 11) is 0. The molecule has 88 valence electrons. The quantitative estimate of drug-likeness (QED) is 0.738. The molecule has 0 radical (unpaired) electrons. The van der Waals surface area contributed by atoms with Gasteiger partial charge in [-0.15, -0.1) is 0 Å². The maximum absolute atomic E-state index is 13.3. The molecule has 1 aromatic rings. The van der Waals surface area contributed by atoms with Crippen LogP contribution in [0.1, 0.15) is 11.1 Å². The molecule has 1 aliphatic rings. The van der Waals surface area contributed by atoms with Gasteiger partial charge in [-0.1, -0.05) is 0 Å². The summed E-state index contributed by atoms with van der Waals surface area (Å²) in [4.78, 5) is 2.29. The zero-order valence-corrected chi connectivity index (χ0v) is 9.59. The third kappa shape index (κ3) is 2.51. The molecule has 16 heavy (non-hydrogen) atoms. The lowest BCUT2D eigenvalue weighted by molar-refractivity contribution is 0.233. The van der Waals surface area contributed by atoms with Crippen molar-refractivity contribution in [2.45, 2.75) is 13.5 Å². The minimum absolute atomic E-state index is 0.197. The molecule has 0 unspecified atom stereocenters. The molecule has 3 nitrogen and oxygen atoms in total. The van der Waals surface area contributed by atoms with Crippen LogP contribution in [0.15, 0.2) is 12.1 Å². The summed E-state index contributed by atoms with van der Waals surface area (Å²) < 4.78 is 13.3. The number of nitrogens with two attached hydrogens (primary N) is 1. The highest BCUT2D eigenvalue weighted by Gasteiger charge is 2.13. The van der Waals surface area contributed by atoms with Gasteiger partial charge in [0.1, 0.15) is 5.82 Å². The smallest absolute Gasteiger partial charge is 0.123 e. The second-order valence-corrected chi connectivity index (χ2v) is 4.32. The second-order valence-electron chi connectivity index (χ2n) is 4.32. The van der Waals surface area contributed by atoms with Crippen LogP contribution in [0.3, 0.4) is 0 Å². The Bertz CT molecular complexity index is 373. The number of anilines is 1. The number of hydrogen-bond acceptors (Lipinski definition) is 3. The van der Waals surface area contributed by atoms with E-state index in [-0.39, 0.29) is 5.82 Å². The number of nitrogens with zero attached hydrogens (tertiary/aromatic N) is 1. The lowest BCUT2D eigenvalue weighted by Gasteiger charge is -2.27. The van der Waals surface area contributed by atoms with Crippen LogP contribution in [0, 0.1) is 12.7 Å². The SMILES string of the molecule is Cc1cc(F)cc(CN2CCNCC2)c1N. The van der Waals surface area contributed by atoms with Crippen LogP contribution in [-0.4, -0.2) is 31.1 Å².